The first-order valence-electron chi connectivity index (χ1n) is 5.66. The van der Waals surface area contributed by atoms with Crippen molar-refractivity contribution in [2.75, 3.05) is 0 Å². The van der Waals surface area contributed by atoms with E-state index in [1.165, 1.54) is 11.3 Å². The molecule has 4 heteroatoms. The Morgan fingerprint density at radius 3 is 2.50 bits per heavy atom. The molecule has 1 N–H and O–H groups in total. The summed E-state index contributed by atoms with van der Waals surface area (Å²) in [5.41, 5.74) is 1.79. The number of hydrogen-bond acceptors (Lipinski definition) is 4. The second kappa shape index (κ2) is 5.23. The van der Waals surface area contributed by atoms with Crippen LogP contribution in [0.5, 0.6) is 10.8 Å². The minimum atomic E-state index is -0.238. The first-order valence-corrected chi connectivity index (χ1v) is 6.54. The number of phenols is 1. The standard InChI is InChI=1S/C14H14O3S/c1-9(2)13(16)17-14-12(7-8-18-14)10-3-5-11(15)6-4-10/h3-9,15H,1-2H3. The lowest BCUT2D eigenvalue weighted by Gasteiger charge is -2.07. The highest BCUT2D eigenvalue weighted by atomic mass is 32.1. The molecule has 0 saturated heterocycles. The van der Waals surface area contributed by atoms with E-state index >= 15 is 0 Å². The third-order valence-corrected chi connectivity index (χ3v) is 3.26. The topological polar surface area (TPSA) is 46.5 Å². The molecule has 0 aliphatic carbocycles. The van der Waals surface area contributed by atoms with Crippen molar-refractivity contribution in [3.63, 3.8) is 0 Å². The molecule has 0 unspecified atom stereocenters. The summed E-state index contributed by atoms with van der Waals surface area (Å²) >= 11 is 1.39. The molecule has 0 spiro atoms. The van der Waals surface area contributed by atoms with Crippen LogP contribution in [-0.4, -0.2) is 11.1 Å². The first kappa shape index (κ1) is 12.6. The van der Waals surface area contributed by atoms with Crippen LogP contribution < -0.4 is 4.74 Å². The number of carbonyl (C=O) groups is 1. The van der Waals surface area contributed by atoms with Crippen LogP contribution in [0.4, 0.5) is 0 Å². The molecule has 94 valence electrons. The van der Waals surface area contributed by atoms with Gasteiger partial charge in [0.1, 0.15) is 5.75 Å². The molecule has 0 amide bonds. The van der Waals surface area contributed by atoms with Gasteiger partial charge >= 0.3 is 5.97 Å². The lowest BCUT2D eigenvalue weighted by atomic mass is 10.1. The van der Waals surface area contributed by atoms with Gasteiger partial charge in [0.25, 0.3) is 0 Å². The van der Waals surface area contributed by atoms with Crippen molar-refractivity contribution in [1.29, 1.82) is 0 Å². The number of hydrogen-bond donors (Lipinski definition) is 1. The molecule has 0 radical (unpaired) electrons. The van der Waals surface area contributed by atoms with Crippen LogP contribution >= 0.6 is 11.3 Å². The maximum Gasteiger partial charge on any atom is 0.314 e. The first-order chi connectivity index (χ1) is 8.58. The molecule has 3 nitrogen and oxygen atoms in total. The molecule has 1 aromatic carbocycles. The van der Waals surface area contributed by atoms with Crippen LogP contribution in [0, 0.1) is 5.92 Å². The Morgan fingerprint density at radius 1 is 1.22 bits per heavy atom. The Kier molecular flexibility index (Phi) is 3.67. The second-order valence-corrected chi connectivity index (χ2v) is 5.12. The summed E-state index contributed by atoms with van der Waals surface area (Å²) in [4.78, 5) is 11.6. The number of ether oxygens (including phenoxy) is 1. The SMILES string of the molecule is CC(C)C(=O)Oc1sccc1-c1ccc(O)cc1. The second-order valence-electron chi connectivity index (χ2n) is 4.24. The summed E-state index contributed by atoms with van der Waals surface area (Å²) in [5.74, 6) is -0.174. The van der Waals surface area contributed by atoms with Crippen LogP contribution in [0.1, 0.15) is 13.8 Å². The maximum absolute atomic E-state index is 11.6. The van der Waals surface area contributed by atoms with Gasteiger partial charge in [-0.3, -0.25) is 4.79 Å². The Morgan fingerprint density at radius 2 is 1.89 bits per heavy atom. The van der Waals surface area contributed by atoms with Crippen molar-refractivity contribution in [3.05, 3.63) is 35.7 Å². The van der Waals surface area contributed by atoms with Crippen molar-refractivity contribution < 1.29 is 14.6 Å². The predicted octanol–water partition coefficient (Wildman–Crippen LogP) is 3.68. The number of benzene rings is 1. The highest BCUT2D eigenvalue weighted by molar-refractivity contribution is 7.12. The van der Waals surface area contributed by atoms with Gasteiger partial charge in [-0.2, -0.15) is 0 Å². The van der Waals surface area contributed by atoms with Crippen LogP contribution in [0.15, 0.2) is 35.7 Å². The summed E-state index contributed by atoms with van der Waals surface area (Å²) in [6.45, 7) is 3.60. The average molecular weight is 262 g/mol. The zero-order valence-corrected chi connectivity index (χ0v) is 11.0. The smallest absolute Gasteiger partial charge is 0.314 e. The molecule has 0 saturated carbocycles. The van der Waals surface area contributed by atoms with E-state index in [1.807, 2.05) is 11.4 Å². The number of thiophene rings is 1. The summed E-state index contributed by atoms with van der Waals surface area (Å²) in [7, 11) is 0. The van der Waals surface area contributed by atoms with Gasteiger partial charge in [-0.25, -0.2) is 0 Å². The highest BCUT2D eigenvalue weighted by Crippen LogP contribution is 2.36. The molecular weight excluding hydrogens is 248 g/mol. The van der Waals surface area contributed by atoms with E-state index in [2.05, 4.69) is 0 Å². The van der Waals surface area contributed by atoms with E-state index < -0.39 is 0 Å². The van der Waals surface area contributed by atoms with E-state index in [-0.39, 0.29) is 17.6 Å². The molecule has 0 fully saturated rings. The van der Waals surface area contributed by atoms with Crippen molar-refractivity contribution in [3.8, 4) is 21.9 Å². The van der Waals surface area contributed by atoms with E-state index in [9.17, 15) is 9.90 Å². The zero-order chi connectivity index (χ0) is 13.1. The predicted molar refractivity (Wildman–Crippen MR) is 71.9 cm³/mol. The molecule has 1 aromatic heterocycles. The molecular formula is C14H14O3S. The maximum atomic E-state index is 11.6. The van der Waals surface area contributed by atoms with Crippen molar-refractivity contribution >= 4 is 17.3 Å². The van der Waals surface area contributed by atoms with Gasteiger partial charge in [-0.15, -0.1) is 11.3 Å². The fourth-order valence-corrected chi connectivity index (χ4v) is 2.21. The Hall–Kier alpha value is -1.81. The fourth-order valence-electron chi connectivity index (χ4n) is 1.44. The number of aromatic hydroxyl groups is 1. The molecule has 0 atom stereocenters. The van der Waals surface area contributed by atoms with Crippen LogP contribution in [0.3, 0.4) is 0 Å². The number of rotatable bonds is 3. The van der Waals surface area contributed by atoms with Crippen LogP contribution in [0.2, 0.25) is 0 Å². The molecule has 0 bridgehead atoms. The van der Waals surface area contributed by atoms with Gasteiger partial charge in [0.05, 0.1) is 5.92 Å². The van der Waals surface area contributed by atoms with Gasteiger partial charge in [-0.1, -0.05) is 26.0 Å². The molecule has 1 heterocycles. The van der Waals surface area contributed by atoms with E-state index in [1.54, 1.807) is 38.1 Å². The molecule has 2 rings (SSSR count). The van der Waals surface area contributed by atoms with Crippen LogP contribution in [0.25, 0.3) is 11.1 Å². The van der Waals surface area contributed by atoms with E-state index in [0.29, 0.717) is 5.06 Å². The highest BCUT2D eigenvalue weighted by Gasteiger charge is 2.14. The van der Waals surface area contributed by atoms with E-state index in [4.69, 9.17) is 4.74 Å². The van der Waals surface area contributed by atoms with Crippen molar-refractivity contribution in [2.24, 2.45) is 5.92 Å². The van der Waals surface area contributed by atoms with Crippen molar-refractivity contribution in [1.82, 2.24) is 0 Å². The van der Waals surface area contributed by atoms with E-state index in [0.717, 1.165) is 11.1 Å². The molecule has 2 aromatic rings. The monoisotopic (exact) mass is 262 g/mol. The third kappa shape index (κ3) is 2.71. The van der Waals surface area contributed by atoms with Gasteiger partial charge in [0.2, 0.25) is 0 Å². The Balaban J connectivity index is 2.27. The fraction of sp³-hybridized carbons (Fsp3) is 0.214. The minimum absolute atomic E-state index is 0.153. The summed E-state index contributed by atoms with van der Waals surface area (Å²) in [6.07, 6.45) is 0. The normalized spacial score (nSPS) is 10.6. The van der Waals surface area contributed by atoms with Gasteiger partial charge < -0.3 is 9.84 Å². The Bertz CT molecular complexity index is 540. The van der Waals surface area contributed by atoms with Crippen molar-refractivity contribution in [2.45, 2.75) is 13.8 Å². The lowest BCUT2D eigenvalue weighted by Crippen LogP contribution is -2.14. The number of carbonyl (C=O) groups excluding carboxylic acids is 1. The van der Waals surface area contributed by atoms with Gasteiger partial charge in [0.15, 0.2) is 5.06 Å². The number of esters is 1. The summed E-state index contributed by atoms with van der Waals surface area (Å²) in [5, 5.41) is 11.7. The molecule has 0 aliphatic rings. The number of phenolic OH excluding ortho intramolecular Hbond substituents is 1. The minimum Gasteiger partial charge on any atom is -0.508 e. The zero-order valence-electron chi connectivity index (χ0n) is 10.2. The molecule has 18 heavy (non-hydrogen) atoms. The van der Waals surface area contributed by atoms with Gasteiger partial charge in [-0.05, 0) is 29.1 Å². The van der Waals surface area contributed by atoms with Gasteiger partial charge in [0, 0.05) is 5.56 Å². The summed E-state index contributed by atoms with van der Waals surface area (Å²) < 4.78 is 5.35. The summed E-state index contributed by atoms with van der Waals surface area (Å²) in [6, 6.07) is 8.72. The molecule has 0 aliphatic heterocycles. The largest absolute Gasteiger partial charge is 0.508 e. The third-order valence-electron chi connectivity index (χ3n) is 2.47. The average Bonchev–Trinajstić information content (AvgIpc) is 2.78. The quantitative estimate of drug-likeness (QED) is 0.858. The van der Waals surface area contributed by atoms with Crippen LogP contribution in [-0.2, 0) is 4.79 Å². The Labute approximate surface area is 110 Å². The lowest BCUT2D eigenvalue weighted by molar-refractivity contribution is -0.137.